The van der Waals surface area contributed by atoms with Crippen molar-refractivity contribution in [2.75, 3.05) is 0 Å². The van der Waals surface area contributed by atoms with Gasteiger partial charge in [0.1, 0.15) is 12.7 Å². The van der Waals surface area contributed by atoms with Gasteiger partial charge in [-0.25, -0.2) is 4.79 Å². The highest BCUT2D eigenvalue weighted by molar-refractivity contribution is 5.69. The molecule has 2 aromatic carbocycles. The van der Waals surface area contributed by atoms with Gasteiger partial charge in [0.05, 0.1) is 12.1 Å². The molecule has 1 amide bonds. The summed E-state index contributed by atoms with van der Waals surface area (Å²) >= 11 is 0. The minimum atomic E-state index is -1.03. The quantitative estimate of drug-likeness (QED) is 0.549. The predicted molar refractivity (Wildman–Crippen MR) is 108 cm³/mol. The lowest BCUT2D eigenvalue weighted by Gasteiger charge is -2.29. The molecule has 3 rings (SSSR count). The zero-order chi connectivity index (χ0) is 20.6. The van der Waals surface area contributed by atoms with Gasteiger partial charge in [0.15, 0.2) is 6.10 Å². The molecule has 1 N–H and O–H groups in total. The van der Waals surface area contributed by atoms with Crippen molar-refractivity contribution in [3.8, 4) is 0 Å². The molecule has 0 unspecified atom stereocenters. The van der Waals surface area contributed by atoms with Gasteiger partial charge in [-0.3, -0.25) is 9.69 Å². The van der Waals surface area contributed by atoms with Crippen molar-refractivity contribution in [3.63, 3.8) is 0 Å². The highest BCUT2D eigenvalue weighted by Gasteiger charge is 2.51. The monoisotopic (exact) mass is 395 g/mol. The van der Waals surface area contributed by atoms with Gasteiger partial charge in [-0.1, -0.05) is 66.7 Å². The van der Waals surface area contributed by atoms with Crippen LogP contribution in [0.5, 0.6) is 0 Å². The molecule has 1 saturated heterocycles. The average molecular weight is 395 g/mol. The molecule has 0 aromatic heterocycles. The SMILES string of the molecule is C=CC[C@H]1[C@@H](O)[C@H](OC=O)[C@H](Cc2ccccc2)N1C(=O)OCc1ccccc1. The molecule has 0 aliphatic carbocycles. The summed E-state index contributed by atoms with van der Waals surface area (Å²) in [6, 6.07) is 17.8. The molecule has 0 saturated carbocycles. The van der Waals surface area contributed by atoms with E-state index >= 15 is 0 Å². The predicted octanol–water partition coefficient (Wildman–Crippen LogP) is 3.10. The first-order chi connectivity index (χ1) is 14.2. The van der Waals surface area contributed by atoms with E-state index in [0.717, 1.165) is 11.1 Å². The van der Waals surface area contributed by atoms with Crippen molar-refractivity contribution in [1.29, 1.82) is 0 Å². The number of carbonyl (C=O) groups is 2. The van der Waals surface area contributed by atoms with Gasteiger partial charge in [-0.2, -0.15) is 0 Å². The molecular formula is C23H25NO5. The van der Waals surface area contributed by atoms with Crippen LogP contribution in [0.1, 0.15) is 17.5 Å². The largest absolute Gasteiger partial charge is 0.460 e. The van der Waals surface area contributed by atoms with Crippen molar-refractivity contribution < 1.29 is 24.2 Å². The van der Waals surface area contributed by atoms with E-state index < -0.39 is 30.4 Å². The van der Waals surface area contributed by atoms with Crippen LogP contribution in [-0.4, -0.2) is 46.9 Å². The normalized spacial score (nSPS) is 23.4. The minimum Gasteiger partial charge on any atom is -0.460 e. The van der Waals surface area contributed by atoms with Crippen LogP contribution >= 0.6 is 0 Å². The first-order valence-corrected chi connectivity index (χ1v) is 9.56. The van der Waals surface area contributed by atoms with E-state index in [0.29, 0.717) is 19.3 Å². The number of aliphatic hydroxyl groups excluding tert-OH is 1. The minimum absolute atomic E-state index is 0.115. The fraction of sp³-hybridized carbons (Fsp3) is 0.304. The van der Waals surface area contributed by atoms with Crippen molar-refractivity contribution in [2.45, 2.75) is 43.7 Å². The van der Waals surface area contributed by atoms with Crippen LogP contribution < -0.4 is 0 Å². The maximum Gasteiger partial charge on any atom is 0.410 e. The molecule has 0 radical (unpaired) electrons. The second kappa shape index (κ2) is 9.89. The summed E-state index contributed by atoms with van der Waals surface area (Å²) in [4.78, 5) is 25.6. The van der Waals surface area contributed by atoms with Gasteiger partial charge in [0.25, 0.3) is 6.47 Å². The Morgan fingerprint density at radius 2 is 1.66 bits per heavy atom. The number of rotatable bonds is 8. The lowest BCUT2D eigenvalue weighted by Crippen LogP contribution is -2.45. The van der Waals surface area contributed by atoms with Crippen LogP contribution in [0.25, 0.3) is 0 Å². The Balaban J connectivity index is 1.85. The number of carbonyl (C=O) groups excluding carboxylic acids is 2. The van der Waals surface area contributed by atoms with Gasteiger partial charge in [0.2, 0.25) is 0 Å². The Bertz CT molecular complexity index is 811. The number of ether oxygens (including phenoxy) is 2. The van der Waals surface area contributed by atoms with Gasteiger partial charge in [-0.15, -0.1) is 6.58 Å². The zero-order valence-electron chi connectivity index (χ0n) is 16.1. The van der Waals surface area contributed by atoms with E-state index in [1.807, 2.05) is 60.7 Å². The molecule has 29 heavy (non-hydrogen) atoms. The maximum atomic E-state index is 13.0. The van der Waals surface area contributed by atoms with E-state index in [4.69, 9.17) is 9.47 Å². The summed E-state index contributed by atoms with van der Waals surface area (Å²) in [7, 11) is 0. The first-order valence-electron chi connectivity index (χ1n) is 9.56. The average Bonchev–Trinajstić information content (AvgIpc) is 3.00. The first kappa shape index (κ1) is 20.6. The molecule has 1 aliphatic heterocycles. The van der Waals surface area contributed by atoms with Crippen LogP contribution in [0.4, 0.5) is 4.79 Å². The number of aliphatic hydroxyl groups is 1. The lowest BCUT2D eigenvalue weighted by molar-refractivity contribution is -0.139. The summed E-state index contributed by atoms with van der Waals surface area (Å²) < 4.78 is 10.7. The van der Waals surface area contributed by atoms with Crippen LogP contribution in [0, 0.1) is 0 Å². The fourth-order valence-corrected chi connectivity index (χ4v) is 3.81. The molecular weight excluding hydrogens is 370 g/mol. The molecule has 6 heteroatoms. The molecule has 2 aromatic rings. The summed E-state index contributed by atoms with van der Waals surface area (Å²) in [5.74, 6) is 0. The van der Waals surface area contributed by atoms with Crippen molar-refractivity contribution >= 4 is 12.6 Å². The highest BCUT2D eigenvalue weighted by Crippen LogP contribution is 2.32. The van der Waals surface area contributed by atoms with Gasteiger partial charge in [-0.05, 0) is 24.0 Å². The molecule has 4 atom stereocenters. The Morgan fingerprint density at radius 3 is 2.24 bits per heavy atom. The smallest absolute Gasteiger partial charge is 0.410 e. The number of hydrogen-bond donors (Lipinski definition) is 1. The molecule has 1 heterocycles. The Morgan fingerprint density at radius 1 is 1.03 bits per heavy atom. The second-order valence-electron chi connectivity index (χ2n) is 6.98. The second-order valence-corrected chi connectivity index (χ2v) is 6.98. The third-order valence-corrected chi connectivity index (χ3v) is 5.15. The maximum absolute atomic E-state index is 13.0. The summed E-state index contributed by atoms with van der Waals surface area (Å²) in [5, 5.41) is 10.8. The van der Waals surface area contributed by atoms with E-state index in [2.05, 4.69) is 6.58 Å². The van der Waals surface area contributed by atoms with Gasteiger partial charge in [0, 0.05) is 0 Å². The Hall–Kier alpha value is -3.12. The summed E-state index contributed by atoms with van der Waals surface area (Å²) in [5.41, 5.74) is 1.82. The van der Waals surface area contributed by atoms with Gasteiger partial charge >= 0.3 is 6.09 Å². The Kier molecular flexibility index (Phi) is 7.03. The van der Waals surface area contributed by atoms with Crippen molar-refractivity contribution in [1.82, 2.24) is 4.90 Å². The number of amides is 1. The zero-order valence-corrected chi connectivity index (χ0v) is 16.1. The third-order valence-electron chi connectivity index (χ3n) is 5.15. The van der Waals surface area contributed by atoms with E-state index in [-0.39, 0.29) is 6.61 Å². The van der Waals surface area contributed by atoms with Gasteiger partial charge < -0.3 is 14.6 Å². The van der Waals surface area contributed by atoms with Crippen molar-refractivity contribution in [2.24, 2.45) is 0 Å². The number of hydrogen-bond acceptors (Lipinski definition) is 5. The van der Waals surface area contributed by atoms with E-state index in [1.54, 1.807) is 6.08 Å². The molecule has 152 valence electrons. The number of benzene rings is 2. The molecule has 1 fully saturated rings. The summed E-state index contributed by atoms with van der Waals surface area (Å²) in [6.45, 7) is 4.16. The van der Waals surface area contributed by atoms with Crippen LogP contribution in [0.15, 0.2) is 73.3 Å². The summed E-state index contributed by atoms with van der Waals surface area (Å²) in [6.07, 6.45) is -0.0274. The number of nitrogens with zero attached hydrogens (tertiary/aromatic N) is 1. The highest BCUT2D eigenvalue weighted by atomic mass is 16.6. The fourth-order valence-electron chi connectivity index (χ4n) is 3.81. The molecule has 1 aliphatic rings. The van der Waals surface area contributed by atoms with Crippen LogP contribution in [-0.2, 0) is 27.3 Å². The van der Waals surface area contributed by atoms with Crippen LogP contribution in [0.2, 0.25) is 0 Å². The van der Waals surface area contributed by atoms with E-state index in [9.17, 15) is 14.7 Å². The Labute approximate surface area is 170 Å². The third kappa shape index (κ3) is 4.84. The standard InChI is InChI=1S/C23H25NO5/c1-2-9-19-21(26)22(29-16-25)20(14-17-10-5-3-6-11-17)24(19)23(27)28-15-18-12-7-4-8-13-18/h2-8,10-13,16,19-22,26H,1,9,14-15H2/t19-,20-,21+,22+/m0/s1. The molecule has 0 spiro atoms. The van der Waals surface area contributed by atoms with Crippen molar-refractivity contribution in [3.05, 3.63) is 84.4 Å². The molecule has 6 nitrogen and oxygen atoms in total. The van der Waals surface area contributed by atoms with Crippen LogP contribution in [0.3, 0.4) is 0 Å². The topological polar surface area (TPSA) is 76.1 Å². The number of likely N-dealkylation sites (tertiary alicyclic amines) is 1. The molecule has 0 bridgehead atoms. The van der Waals surface area contributed by atoms with E-state index in [1.165, 1.54) is 4.90 Å². The lowest BCUT2D eigenvalue weighted by atomic mass is 10.00.